The van der Waals surface area contributed by atoms with Crippen molar-refractivity contribution in [2.45, 2.75) is 25.9 Å². The fraction of sp³-hybridized carbons (Fsp3) is 0.211. The van der Waals surface area contributed by atoms with Crippen molar-refractivity contribution in [1.29, 1.82) is 0 Å². The van der Waals surface area contributed by atoms with Gasteiger partial charge in [-0.25, -0.2) is 4.79 Å². The summed E-state index contributed by atoms with van der Waals surface area (Å²) >= 11 is 0. The molecule has 5 heteroatoms. The first kappa shape index (κ1) is 15.9. The molecule has 4 amide bonds. The van der Waals surface area contributed by atoms with E-state index in [1.807, 2.05) is 60.7 Å². The van der Waals surface area contributed by atoms with Crippen LogP contribution in [-0.2, 0) is 9.59 Å². The fourth-order valence-corrected chi connectivity index (χ4v) is 3.26. The van der Waals surface area contributed by atoms with Gasteiger partial charge in [-0.3, -0.25) is 19.4 Å². The molecule has 0 unspecified atom stereocenters. The zero-order valence-electron chi connectivity index (χ0n) is 13.5. The Kier molecular flexibility index (Phi) is 4.16. The summed E-state index contributed by atoms with van der Waals surface area (Å²) in [6, 6.07) is 17.0. The predicted molar refractivity (Wildman–Crippen MR) is 88.8 cm³/mol. The number of imide groups is 2. The van der Waals surface area contributed by atoms with Crippen LogP contribution in [0.4, 0.5) is 4.79 Å². The Labute approximate surface area is 140 Å². The number of urea groups is 1. The summed E-state index contributed by atoms with van der Waals surface area (Å²) in [4.78, 5) is 39.4. The van der Waals surface area contributed by atoms with Gasteiger partial charge < -0.3 is 0 Å². The van der Waals surface area contributed by atoms with Crippen molar-refractivity contribution in [3.63, 3.8) is 0 Å². The Morgan fingerprint density at radius 2 is 1.04 bits per heavy atom. The first-order chi connectivity index (χ1) is 11.5. The first-order valence-corrected chi connectivity index (χ1v) is 7.76. The molecule has 0 N–H and O–H groups in total. The number of hydrogen-bond acceptors (Lipinski definition) is 3. The Balaban J connectivity index is 2.20. The molecule has 1 heterocycles. The Morgan fingerprint density at radius 1 is 0.708 bits per heavy atom. The van der Waals surface area contributed by atoms with Gasteiger partial charge in [-0.15, -0.1) is 0 Å². The average molecular weight is 322 g/mol. The molecule has 1 aliphatic rings. The minimum atomic E-state index is -0.572. The third-order valence-electron chi connectivity index (χ3n) is 4.23. The molecule has 0 spiro atoms. The fourth-order valence-electron chi connectivity index (χ4n) is 3.26. The molecule has 24 heavy (non-hydrogen) atoms. The summed E-state index contributed by atoms with van der Waals surface area (Å²) in [5.41, 5.74) is 1.64. The number of benzene rings is 2. The van der Waals surface area contributed by atoms with Crippen LogP contribution in [0.3, 0.4) is 0 Å². The van der Waals surface area contributed by atoms with E-state index in [0.29, 0.717) is 0 Å². The molecule has 0 radical (unpaired) electrons. The van der Waals surface area contributed by atoms with Crippen LogP contribution in [0.5, 0.6) is 0 Å². The third kappa shape index (κ3) is 2.58. The van der Waals surface area contributed by atoms with Crippen molar-refractivity contribution in [3.05, 3.63) is 71.8 Å². The van der Waals surface area contributed by atoms with E-state index in [-0.39, 0.29) is 11.8 Å². The minimum absolute atomic E-state index is 0.376. The Morgan fingerprint density at radius 3 is 1.33 bits per heavy atom. The molecule has 1 aliphatic heterocycles. The van der Waals surface area contributed by atoms with Gasteiger partial charge in [0, 0.05) is 13.8 Å². The van der Waals surface area contributed by atoms with Crippen LogP contribution in [0, 0.1) is 0 Å². The van der Waals surface area contributed by atoms with E-state index in [4.69, 9.17) is 0 Å². The second-order valence-electron chi connectivity index (χ2n) is 5.77. The van der Waals surface area contributed by atoms with Crippen molar-refractivity contribution < 1.29 is 14.4 Å². The summed E-state index contributed by atoms with van der Waals surface area (Å²) in [5.74, 6) is -0.753. The van der Waals surface area contributed by atoms with Gasteiger partial charge in [-0.1, -0.05) is 60.7 Å². The number of carbonyl (C=O) groups excluding carboxylic acids is 3. The van der Waals surface area contributed by atoms with Crippen LogP contribution in [0.25, 0.3) is 0 Å². The topological polar surface area (TPSA) is 57.7 Å². The average Bonchev–Trinajstić information content (AvgIpc) is 2.90. The molecule has 1 saturated heterocycles. The lowest BCUT2D eigenvalue weighted by Gasteiger charge is -2.26. The normalized spacial score (nSPS) is 20.3. The molecule has 5 nitrogen and oxygen atoms in total. The second-order valence-corrected chi connectivity index (χ2v) is 5.77. The van der Waals surface area contributed by atoms with Gasteiger partial charge in [0.2, 0.25) is 11.8 Å². The molecular weight excluding hydrogens is 304 g/mol. The summed E-state index contributed by atoms with van der Waals surface area (Å²) in [5, 5.41) is 0. The standard InChI is InChI=1S/C19H18N2O3/c1-13(22)20-17(15-9-5-3-6-10-15)18(16-11-7-4-8-12-16)21(14(2)23)19(20)24/h3-12,17-18H,1-2H3/t17-,18-/m1/s1. The van der Waals surface area contributed by atoms with Gasteiger partial charge >= 0.3 is 6.03 Å². The van der Waals surface area contributed by atoms with E-state index < -0.39 is 18.1 Å². The molecule has 2 aromatic rings. The van der Waals surface area contributed by atoms with Crippen molar-refractivity contribution in [3.8, 4) is 0 Å². The van der Waals surface area contributed by atoms with Gasteiger partial charge in [-0.2, -0.15) is 0 Å². The number of hydrogen-bond donors (Lipinski definition) is 0. The Bertz CT molecular complexity index is 708. The monoisotopic (exact) mass is 322 g/mol. The lowest BCUT2D eigenvalue weighted by molar-refractivity contribution is -0.127. The van der Waals surface area contributed by atoms with Crippen molar-refractivity contribution in [2.75, 3.05) is 0 Å². The van der Waals surface area contributed by atoms with Crippen LogP contribution >= 0.6 is 0 Å². The smallest absolute Gasteiger partial charge is 0.275 e. The summed E-state index contributed by atoms with van der Waals surface area (Å²) in [7, 11) is 0. The van der Waals surface area contributed by atoms with Crippen LogP contribution < -0.4 is 0 Å². The molecule has 0 aliphatic carbocycles. The van der Waals surface area contributed by atoms with Crippen LogP contribution in [-0.4, -0.2) is 27.6 Å². The highest BCUT2D eigenvalue weighted by molar-refractivity contribution is 6.03. The highest BCUT2D eigenvalue weighted by Gasteiger charge is 2.50. The van der Waals surface area contributed by atoms with Crippen LogP contribution in [0.1, 0.15) is 37.1 Å². The minimum Gasteiger partial charge on any atom is -0.275 e. The predicted octanol–water partition coefficient (Wildman–Crippen LogP) is 3.30. The maximum absolute atomic E-state index is 12.8. The zero-order chi connectivity index (χ0) is 17.3. The van der Waals surface area contributed by atoms with Gasteiger partial charge in [0.25, 0.3) is 0 Å². The van der Waals surface area contributed by atoms with Crippen LogP contribution in [0.15, 0.2) is 60.7 Å². The van der Waals surface area contributed by atoms with Crippen molar-refractivity contribution >= 4 is 17.8 Å². The molecular formula is C19H18N2O3. The van der Waals surface area contributed by atoms with Gasteiger partial charge in [0.05, 0.1) is 12.1 Å². The zero-order valence-corrected chi connectivity index (χ0v) is 13.5. The maximum atomic E-state index is 12.8. The molecule has 0 aromatic heterocycles. The number of amides is 4. The highest BCUT2D eigenvalue weighted by atomic mass is 16.2. The Hall–Kier alpha value is -2.95. The first-order valence-electron chi connectivity index (χ1n) is 7.76. The van der Waals surface area contributed by atoms with Crippen molar-refractivity contribution in [2.24, 2.45) is 0 Å². The summed E-state index contributed by atoms with van der Waals surface area (Å²) in [6.07, 6.45) is 0. The van der Waals surface area contributed by atoms with E-state index in [1.54, 1.807) is 0 Å². The molecule has 0 saturated carbocycles. The van der Waals surface area contributed by atoms with Gasteiger partial charge in [-0.05, 0) is 11.1 Å². The van der Waals surface area contributed by atoms with E-state index in [1.165, 1.54) is 23.6 Å². The lowest BCUT2D eigenvalue weighted by atomic mass is 9.93. The number of nitrogens with zero attached hydrogens (tertiary/aromatic N) is 2. The third-order valence-corrected chi connectivity index (χ3v) is 4.23. The van der Waals surface area contributed by atoms with Gasteiger partial charge in [0.1, 0.15) is 0 Å². The second kappa shape index (κ2) is 6.28. The van der Waals surface area contributed by atoms with E-state index >= 15 is 0 Å². The van der Waals surface area contributed by atoms with Crippen LogP contribution in [0.2, 0.25) is 0 Å². The van der Waals surface area contributed by atoms with E-state index in [9.17, 15) is 14.4 Å². The number of carbonyl (C=O) groups is 3. The quantitative estimate of drug-likeness (QED) is 0.852. The molecule has 2 atom stereocenters. The highest BCUT2D eigenvalue weighted by Crippen LogP contribution is 2.45. The molecule has 0 bridgehead atoms. The molecule has 3 rings (SSSR count). The summed E-state index contributed by atoms with van der Waals surface area (Å²) < 4.78 is 0. The molecule has 1 fully saturated rings. The van der Waals surface area contributed by atoms with E-state index in [2.05, 4.69) is 0 Å². The lowest BCUT2D eigenvalue weighted by Crippen LogP contribution is -2.37. The largest absolute Gasteiger partial charge is 0.334 e. The maximum Gasteiger partial charge on any atom is 0.334 e. The SMILES string of the molecule is CC(=O)N1C(=O)N(C(C)=O)[C@H](c2ccccc2)[C@H]1c1ccccc1. The van der Waals surface area contributed by atoms with E-state index in [0.717, 1.165) is 11.1 Å². The molecule has 2 aromatic carbocycles. The molecule has 122 valence electrons. The van der Waals surface area contributed by atoms with Gasteiger partial charge in [0.15, 0.2) is 0 Å². The number of rotatable bonds is 2. The van der Waals surface area contributed by atoms with Crippen molar-refractivity contribution in [1.82, 2.24) is 9.80 Å². The summed E-state index contributed by atoms with van der Waals surface area (Å²) in [6.45, 7) is 2.69.